The number of hydrogen-bond acceptors (Lipinski definition) is 4. The molecule has 2 aliphatic rings. The number of carbonyl (C=O) groups excluding carboxylic acids is 1. The second kappa shape index (κ2) is 5.85. The fraction of sp³-hybridized carbons (Fsp3) is 0.529. The summed E-state index contributed by atoms with van der Waals surface area (Å²) in [5.41, 5.74) is 1.22. The van der Waals surface area contributed by atoms with Crippen molar-refractivity contribution >= 4 is 5.91 Å². The maximum absolute atomic E-state index is 12.9. The summed E-state index contributed by atoms with van der Waals surface area (Å²) in [6.07, 6.45) is 6.20. The molecule has 4 heterocycles. The number of hydrogen-bond donors (Lipinski definition) is 1. The van der Waals surface area contributed by atoms with E-state index in [1.54, 1.807) is 12.3 Å². The van der Waals surface area contributed by atoms with Crippen molar-refractivity contribution in [2.75, 3.05) is 20.1 Å². The molecule has 2 saturated heterocycles. The number of rotatable bonds is 3. The maximum Gasteiger partial charge on any atom is 0.274 e. The van der Waals surface area contributed by atoms with Gasteiger partial charge >= 0.3 is 0 Å². The first-order chi connectivity index (χ1) is 11.2. The van der Waals surface area contributed by atoms with E-state index >= 15 is 0 Å². The molecule has 0 aromatic carbocycles. The fourth-order valence-electron chi connectivity index (χ4n) is 4.00. The molecule has 2 atom stereocenters. The van der Waals surface area contributed by atoms with Gasteiger partial charge in [-0.05, 0) is 51.4 Å². The molecule has 2 aromatic heterocycles. The average molecular weight is 314 g/mol. The molecule has 0 saturated carbocycles. The Morgan fingerprint density at radius 1 is 1.30 bits per heavy atom. The quantitative estimate of drug-likeness (QED) is 0.944. The van der Waals surface area contributed by atoms with Crippen molar-refractivity contribution in [2.45, 2.75) is 37.8 Å². The van der Waals surface area contributed by atoms with Crippen LogP contribution < -0.4 is 0 Å². The van der Waals surface area contributed by atoms with E-state index in [9.17, 15) is 4.79 Å². The van der Waals surface area contributed by atoms with Gasteiger partial charge in [0.15, 0.2) is 11.5 Å². The van der Waals surface area contributed by atoms with E-state index in [0.29, 0.717) is 23.5 Å². The van der Waals surface area contributed by atoms with Crippen LogP contribution in [0.15, 0.2) is 28.9 Å². The highest BCUT2D eigenvalue weighted by atomic mass is 16.3. The third kappa shape index (κ3) is 2.57. The number of nitrogens with zero attached hydrogens (tertiary/aromatic N) is 3. The number of likely N-dealkylation sites (N-methyl/N-ethyl adjacent to an activating group) is 1. The minimum absolute atomic E-state index is 0.0295. The van der Waals surface area contributed by atoms with E-state index in [1.807, 2.05) is 17.0 Å². The number of amides is 1. The second-order valence-corrected chi connectivity index (χ2v) is 6.54. The number of H-pyrrole nitrogens is 1. The van der Waals surface area contributed by atoms with Gasteiger partial charge in [0.05, 0.1) is 6.26 Å². The Hall–Kier alpha value is -2.08. The summed E-state index contributed by atoms with van der Waals surface area (Å²) in [6, 6.07) is 6.27. The van der Waals surface area contributed by atoms with Gasteiger partial charge < -0.3 is 14.2 Å². The van der Waals surface area contributed by atoms with Gasteiger partial charge in [-0.15, -0.1) is 0 Å². The van der Waals surface area contributed by atoms with Gasteiger partial charge in [0.25, 0.3) is 5.91 Å². The highest BCUT2D eigenvalue weighted by Gasteiger charge is 2.39. The van der Waals surface area contributed by atoms with Crippen LogP contribution in [0.2, 0.25) is 0 Å². The van der Waals surface area contributed by atoms with E-state index in [2.05, 4.69) is 22.1 Å². The molecule has 6 nitrogen and oxygen atoms in total. The molecule has 122 valence electrons. The number of carbonyl (C=O) groups is 1. The van der Waals surface area contributed by atoms with Crippen LogP contribution in [-0.2, 0) is 0 Å². The van der Waals surface area contributed by atoms with Crippen LogP contribution in [-0.4, -0.2) is 58.1 Å². The average Bonchev–Trinajstić information content (AvgIpc) is 3.31. The van der Waals surface area contributed by atoms with Crippen molar-refractivity contribution in [1.82, 2.24) is 20.0 Å². The molecule has 0 bridgehead atoms. The third-order valence-corrected chi connectivity index (χ3v) is 5.16. The number of nitrogens with one attached hydrogen (secondary N) is 1. The smallest absolute Gasteiger partial charge is 0.274 e. The molecule has 23 heavy (non-hydrogen) atoms. The normalized spacial score (nSPS) is 25.3. The fourth-order valence-corrected chi connectivity index (χ4v) is 4.00. The Morgan fingerprint density at radius 2 is 2.13 bits per heavy atom. The summed E-state index contributed by atoms with van der Waals surface area (Å²) >= 11 is 0. The summed E-state index contributed by atoms with van der Waals surface area (Å²) in [6.45, 7) is 1.96. The van der Waals surface area contributed by atoms with Gasteiger partial charge in [0.2, 0.25) is 0 Å². The van der Waals surface area contributed by atoms with Gasteiger partial charge in [-0.3, -0.25) is 9.89 Å². The Balaban J connectivity index is 1.54. The zero-order chi connectivity index (χ0) is 15.8. The molecule has 0 unspecified atom stereocenters. The maximum atomic E-state index is 12.9. The van der Waals surface area contributed by atoms with E-state index in [4.69, 9.17) is 4.42 Å². The molecule has 2 fully saturated rings. The summed E-state index contributed by atoms with van der Waals surface area (Å²) < 4.78 is 5.35. The molecule has 2 aromatic rings. The Morgan fingerprint density at radius 3 is 2.87 bits per heavy atom. The van der Waals surface area contributed by atoms with Crippen molar-refractivity contribution in [3.63, 3.8) is 0 Å². The van der Waals surface area contributed by atoms with E-state index < -0.39 is 0 Å². The number of furan rings is 1. The van der Waals surface area contributed by atoms with Gasteiger partial charge in [0, 0.05) is 24.7 Å². The number of aromatic amines is 1. The molecule has 2 aliphatic heterocycles. The molecule has 6 heteroatoms. The first-order valence-electron chi connectivity index (χ1n) is 8.34. The van der Waals surface area contributed by atoms with Crippen molar-refractivity contribution in [3.05, 3.63) is 30.2 Å². The van der Waals surface area contributed by atoms with Crippen LogP contribution >= 0.6 is 0 Å². The monoisotopic (exact) mass is 314 g/mol. The topological polar surface area (TPSA) is 65.4 Å². The second-order valence-electron chi connectivity index (χ2n) is 6.54. The summed E-state index contributed by atoms with van der Waals surface area (Å²) in [5, 5.41) is 7.11. The van der Waals surface area contributed by atoms with Gasteiger partial charge in [-0.25, -0.2) is 0 Å². The molecule has 0 spiro atoms. The van der Waals surface area contributed by atoms with Gasteiger partial charge in [-0.2, -0.15) is 5.10 Å². The first kappa shape index (κ1) is 14.5. The molecule has 0 aliphatic carbocycles. The standard InChI is InChI=1S/C17H22N4O2/c1-20-8-2-5-14(20)15-6-3-9-21(15)17(22)13-11-12(18-19-13)16-7-4-10-23-16/h4,7,10-11,14-15H,2-3,5-6,8-9H2,1H3,(H,18,19)/t14-,15-/m1/s1. The van der Waals surface area contributed by atoms with Crippen molar-refractivity contribution in [2.24, 2.45) is 0 Å². The molecule has 1 amide bonds. The van der Waals surface area contributed by atoms with Crippen LogP contribution in [0.5, 0.6) is 0 Å². The lowest BCUT2D eigenvalue weighted by atomic mass is 10.0. The summed E-state index contributed by atoms with van der Waals surface area (Å²) in [7, 11) is 2.17. The lowest BCUT2D eigenvalue weighted by Crippen LogP contribution is -2.47. The first-order valence-corrected chi connectivity index (χ1v) is 8.34. The Bertz CT molecular complexity index is 679. The predicted octanol–water partition coefficient (Wildman–Crippen LogP) is 2.37. The van der Waals surface area contributed by atoms with Crippen LogP contribution in [0.25, 0.3) is 11.5 Å². The minimum Gasteiger partial charge on any atom is -0.463 e. The highest BCUT2D eigenvalue weighted by molar-refractivity contribution is 5.93. The summed E-state index contributed by atoms with van der Waals surface area (Å²) in [5.74, 6) is 0.729. The molecular formula is C17H22N4O2. The predicted molar refractivity (Wildman–Crippen MR) is 86.0 cm³/mol. The van der Waals surface area contributed by atoms with Crippen molar-refractivity contribution in [3.8, 4) is 11.5 Å². The van der Waals surface area contributed by atoms with E-state index in [1.165, 1.54) is 12.8 Å². The summed E-state index contributed by atoms with van der Waals surface area (Å²) in [4.78, 5) is 17.3. The van der Waals surface area contributed by atoms with Crippen molar-refractivity contribution < 1.29 is 9.21 Å². The van der Waals surface area contributed by atoms with E-state index in [0.717, 1.165) is 31.6 Å². The SMILES string of the molecule is CN1CCC[C@@H]1[C@H]1CCCN1C(=O)c1cc(-c2ccco2)[nH]n1. The molecule has 0 radical (unpaired) electrons. The number of aromatic nitrogens is 2. The lowest BCUT2D eigenvalue weighted by molar-refractivity contribution is 0.0658. The van der Waals surface area contributed by atoms with Crippen molar-refractivity contribution in [1.29, 1.82) is 0 Å². The lowest BCUT2D eigenvalue weighted by Gasteiger charge is -2.32. The number of likely N-dealkylation sites (tertiary alicyclic amines) is 2. The minimum atomic E-state index is 0.0295. The Labute approximate surface area is 135 Å². The van der Waals surface area contributed by atoms with E-state index in [-0.39, 0.29) is 5.91 Å². The van der Waals surface area contributed by atoms with Crippen LogP contribution in [0.3, 0.4) is 0 Å². The third-order valence-electron chi connectivity index (χ3n) is 5.16. The highest BCUT2D eigenvalue weighted by Crippen LogP contribution is 2.30. The Kier molecular flexibility index (Phi) is 3.69. The largest absolute Gasteiger partial charge is 0.463 e. The van der Waals surface area contributed by atoms with Gasteiger partial charge in [-0.1, -0.05) is 0 Å². The molecular weight excluding hydrogens is 292 g/mol. The van der Waals surface area contributed by atoms with Gasteiger partial charge in [0.1, 0.15) is 5.69 Å². The van der Waals surface area contributed by atoms with Crippen LogP contribution in [0.4, 0.5) is 0 Å². The zero-order valence-electron chi connectivity index (χ0n) is 13.4. The molecule has 1 N–H and O–H groups in total. The molecule has 4 rings (SSSR count). The van der Waals surface area contributed by atoms with Crippen LogP contribution in [0, 0.1) is 0 Å². The van der Waals surface area contributed by atoms with Crippen LogP contribution in [0.1, 0.15) is 36.2 Å². The zero-order valence-corrected chi connectivity index (χ0v) is 13.4.